The molecule has 0 aliphatic rings. The Morgan fingerprint density at radius 3 is 2.48 bits per heavy atom. The summed E-state index contributed by atoms with van der Waals surface area (Å²) in [6.45, 7) is 0.0873. The SMILES string of the molecule is O=C(CCNC(=O)c1ccc(Br)cc1)Nc1ccc(F)c([N+](=O)[O-])c1. The first kappa shape index (κ1) is 18.5. The molecular formula is C16H13BrFN3O4. The van der Waals surface area contributed by atoms with Gasteiger partial charge in [-0.3, -0.25) is 19.7 Å². The second-order valence-corrected chi connectivity index (χ2v) is 5.90. The number of nitro benzene ring substituents is 1. The van der Waals surface area contributed by atoms with Gasteiger partial charge >= 0.3 is 5.69 Å². The smallest absolute Gasteiger partial charge is 0.306 e. The van der Waals surface area contributed by atoms with Crippen LogP contribution >= 0.6 is 15.9 Å². The second kappa shape index (κ2) is 8.34. The fraction of sp³-hybridized carbons (Fsp3) is 0.125. The number of hydrogen-bond acceptors (Lipinski definition) is 4. The van der Waals surface area contributed by atoms with Crippen molar-refractivity contribution in [2.75, 3.05) is 11.9 Å². The number of carbonyl (C=O) groups is 2. The zero-order valence-electron chi connectivity index (χ0n) is 12.8. The summed E-state index contributed by atoms with van der Waals surface area (Å²) in [6.07, 6.45) is -0.0343. The van der Waals surface area contributed by atoms with Gasteiger partial charge in [0.1, 0.15) is 0 Å². The third kappa shape index (κ3) is 5.35. The summed E-state index contributed by atoms with van der Waals surface area (Å²) in [7, 11) is 0. The molecule has 0 aliphatic carbocycles. The van der Waals surface area contributed by atoms with Crippen LogP contribution in [0.2, 0.25) is 0 Å². The Morgan fingerprint density at radius 2 is 1.84 bits per heavy atom. The molecule has 0 atom stereocenters. The van der Waals surface area contributed by atoms with Crippen molar-refractivity contribution < 1.29 is 18.9 Å². The molecule has 2 rings (SSSR count). The number of nitrogens with one attached hydrogen (secondary N) is 2. The Bertz CT molecular complexity index is 812. The monoisotopic (exact) mass is 409 g/mol. The summed E-state index contributed by atoms with van der Waals surface area (Å²) in [5, 5.41) is 15.7. The molecule has 0 aliphatic heterocycles. The van der Waals surface area contributed by atoms with Crippen LogP contribution in [0.15, 0.2) is 46.9 Å². The highest BCUT2D eigenvalue weighted by molar-refractivity contribution is 9.10. The van der Waals surface area contributed by atoms with E-state index in [0.29, 0.717) is 5.56 Å². The van der Waals surface area contributed by atoms with Crippen LogP contribution in [0.25, 0.3) is 0 Å². The van der Waals surface area contributed by atoms with E-state index in [1.807, 2.05) is 0 Å². The molecule has 2 N–H and O–H groups in total. The van der Waals surface area contributed by atoms with E-state index in [1.165, 1.54) is 6.07 Å². The van der Waals surface area contributed by atoms with E-state index in [1.54, 1.807) is 24.3 Å². The predicted octanol–water partition coefficient (Wildman–Crippen LogP) is 3.26. The summed E-state index contributed by atoms with van der Waals surface area (Å²) in [5.74, 6) is -1.76. The Hall–Kier alpha value is -2.81. The van der Waals surface area contributed by atoms with Crippen LogP contribution in [0, 0.1) is 15.9 Å². The maximum absolute atomic E-state index is 13.2. The van der Waals surface area contributed by atoms with E-state index in [9.17, 15) is 24.1 Å². The van der Waals surface area contributed by atoms with Crippen LogP contribution in [0.4, 0.5) is 15.8 Å². The van der Waals surface area contributed by atoms with E-state index in [4.69, 9.17) is 0 Å². The molecule has 0 saturated carbocycles. The Morgan fingerprint density at radius 1 is 1.16 bits per heavy atom. The van der Waals surface area contributed by atoms with Crippen molar-refractivity contribution in [3.8, 4) is 0 Å². The van der Waals surface area contributed by atoms with Crippen molar-refractivity contribution >= 4 is 39.1 Å². The molecule has 9 heteroatoms. The largest absolute Gasteiger partial charge is 0.352 e. The summed E-state index contributed by atoms with van der Waals surface area (Å²) in [6, 6.07) is 9.79. The molecule has 2 amide bonds. The fourth-order valence-electron chi connectivity index (χ4n) is 1.95. The third-order valence-corrected chi connectivity index (χ3v) is 3.70. The van der Waals surface area contributed by atoms with Gasteiger partial charge in [0.25, 0.3) is 5.91 Å². The fourth-order valence-corrected chi connectivity index (χ4v) is 2.21. The van der Waals surface area contributed by atoms with Gasteiger partial charge in [-0.1, -0.05) is 15.9 Å². The first-order valence-electron chi connectivity index (χ1n) is 7.14. The van der Waals surface area contributed by atoms with Crippen molar-refractivity contribution in [3.05, 3.63) is 68.4 Å². The van der Waals surface area contributed by atoms with Gasteiger partial charge in [0.15, 0.2) is 0 Å². The molecule has 2 aromatic rings. The molecule has 0 unspecified atom stereocenters. The number of nitrogens with zero attached hydrogens (tertiary/aromatic N) is 1. The predicted molar refractivity (Wildman–Crippen MR) is 92.8 cm³/mol. The van der Waals surface area contributed by atoms with Crippen molar-refractivity contribution in [2.45, 2.75) is 6.42 Å². The maximum atomic E-state index is 13.2. The standard InChI is InChI=1S/C16H13BrFN3O4/c17-11-3-1-10(2-4-11)16(23)19-8-7-15(22)20-12-5-6-13(18)14(9-12)21(24)25/h1-6,9H,7-8H2,(H,19,23)(H,20,22). The number of anilines is 1. The average Bonchev–Trinajstić information content (AvgIpc) is 2.57. The van der Waals surface area contributed by atoms with Crippen LogP contribution in [0.3, 0.4) is 0 Å². The number of nitro groups is 1. The van der Waals surface area contributed by atoms with E-state index in [-0.39, 0.29) is 24.6 Å². The first-order valence-corrected chi connectivity index (χ1v) is 7.93. The molecule has 7 nitrogen and oxygen atoms in total. The van der Waals surface area contributed by atoms with Crippen LogP contribution in [0.1, 0.15) is 16.8 Å². The molecule has 0 bridgehead atoms. The summed E-state index contributed by atoms with van der Waals surface area (Å²) >= 11 is 3.27. The molecular weight excluding hydrogens is 397 g/mol. The van der Waals surface area contributed by atoms with Crippen LogP contribution in [-0.2, 0) is 4.79 Å². The zero-order chi connectivity index (χ0) is 18.4. The van der Waals surface area contributed by atoms with E-state index < -0.39 is 22.3 Å². The van der Waals surface area contributed by atoms with Crippen molar-refractivity contribution in [1.82, 2.24) is 5.32 Å². The molecule has 0 saturated heterocycles. The van der Waals surface area contributed by atoms with Crippen LogP contribution in [0.5, 0.6) is 0 Å². The van der Waals surface area contributed by atoms with Gasteiger partial charge in [-0.2, -0.15) is 4.39 Å². The number of halogens is 2. The summed E-state index contributed by atoms with van der Waals surface area (Å²) < 4.78 is 14.1. The lowest BCUT2D eigenvalue weighted by Gasteiger charge is -2.07. The lowest BCUT2D eigenvalue weighted by molar-refractivity contribution is -0.387. The van der Waals surface area contributed by atoms with Crippen LogP contribution < -0.4 is 10.6 Å². The topological polar surface area (TPSA) is 101 Å². The molecule has 0 heterocycles. The van der Waals surface area contributed by atoms with E-state index >= 15 is 0 Å². The lowest BCUT2D eigenvalue weighted by Crippen LogP contribution is -2.27. The second-order valence-electron chi connectivity index (χ2n) is 4.98. The molecule has 0 spiro atoms. The molecule has 0 fully saturated rings. The number of hydrogen-bond donors (Lipinski definition) is 2. The van der Waals surface area contributed by atoms with Crippen molar-refractivity contribution in [2.24, 2.45) is 0 Å². The zero-order valence-corrected chi connectivity index (χ0v) is 14.4. The van der Waals surface area contributed by atoms with Crippen molar-refractivity contribution in [3.63, 3.8) is 0 Å². The summed E-state index contributed by atoms with van der Waals surface area (Å²) in [4.78, 5) is 33.5. The minimum Gasteiger partial charge on any atom is -0.352 e. The highest BCUT2D eigenvalue weighted by Crippen LogP contribution is 2.21. The first-order chi connectivity index (χ1) is 11.9. The van der Waals surface area contributed by atoms with E-state index in [2.05, 4.69) is 26.6 Å². The van der Waals surface area contributed by atoms with Gasteiger partial charge in [0, 0.05) is 34.8 Å². The van der Waals surface area contributed by atoms with Gasteiger partial charge in [-0.05, 0) is 36.4 Å². The lowest BCUT2D eigenvalue weighted by atomic mass is 10.2. The average molecular weight is 410 g/mol. The number of amides is 2. The third-order valence-electron chi connectivity index (χ3n) is 3.17. The van der Waals surface area contributed by atoms with Gasteiger partial charge in [-0.15, -0.1) is 0 Å². The molecule has 0 radical (unpaired) electrons. The minimum atomic E-state index is -0.982. The number of benzene rings is 2. The Kier molecular flexibility index (Phi) is 6.18. The van der Waals surface area contributed by atoms with Gasteiger partial charge in [0.2, 0.25) is 11.7 Å². The van der Waals surface area contributed by atoms with Gasteiger partial charge in [0.05, 0.1) is 4.92 Å². The maximum Gasteiger partial charge on any atom is 0.306 e. The Balaban J connectivity index is 1.85. The van der Waals surface area contributed by atoms with Gasteiger partial charge < -0.3 is 10.6 Å². The minimum absolute atomic E-state index is 0.0343. The van der Waals surface area contributed by atoms with E-state index in [0.717, 1.165) is 16.6 Å². The summed E-state index contributed by atoms with van der Waals surface area (Å²) in [5.41, 5.74) is -0.156. The van der Waals surface area contributed by atoms with Crippen LogP contribution in [-0.4, -0.2) is 23.3 Å². The highest BCUT2D eigenvalue weighted by Gasteiger charge is 2.15. The molecule has 0 aromatic heterocycles. The number of rotatable bonds is 6. The Labute approximate surface area is 150 Å². The van der Waals surface area contributed by atoms with Crippen molar-refractivity contribution in [1.29, 1.82) is 0 Å². The van der Waals surface area contributed by atoms with Gasteiger partial charge in [-0.25, -0.2) is 0 Å². The molecule has 130 valence electrons. The normalized spacial score (nSPS) is 10.2. The number of carbonyl (C=O) groups excluding carboxylic acids is 2. The molecule has 2 aromatic carbocycles. The molecule has 25 heavy (non-hydrogen) atoms. The quantitative estimate of drug-likeness (QED) is 0.564. The highest BCUT2D eigenvalue weighted by atomic mass is 79.9.